The van der Waals surface area contributed by atoms with E-state index in [-0.39, 0.29) is 11.2 Å². The fourth-order valence-corrected chi connectivity index (χ4v) is 3.18. The Hall–Kier alpha value is -1.36. The van der Waals surface area contributed by atoms with Gasteiger partial charge in [0.25, 0.3) is 0 Å². The standard InChI is InChI=1S/C17H22FN/c1-13(2)15-7-9-17(12-19,10-8-15)11-14-3-5-16(18)6-4-14/h3-6,13,15H,7-11H2,1-2H3. The summed E-state index contributed by atoms with van der Waals surface area (Å²) in [4.78, 5) is 0. The Morgan fingerprint density at radius 2 is 1.84 bits per heavy atom. The van der Waals surface area contributed by atoms with Crippen molar-refractivity contribution >= 4 is 0 Å². The second kappa shape index (κ2) is 5.74. The van der Waals surface area contributed by atoms with Crippen LogP contribution in [0.25, 0.3) is 0 Å². The number of rotatable bonds is 3. The van der Waals surface area contributed by atoms with Gasteiger partial charge in [0.1, 0.15) is 5.82 Å². The summed E-state index contributed by atoms with van der Waals surface area (Å²) in [6.07, 6.45) is 5.00. The molecule has 0 N–H and O–H groups in total. The molecule has 0 atom stereocenters. The Bertz CT molecular complexity index is 447. The van der Waals surface area contributed by atoms with Gasteiger partial charge >= 0.3 is 0 Å². The lowest BCUT2D eigenvalue weighted by Gasteiger charge is -2.36. The minimum absolute atomic E-state index is 0.210. The molecule has 0 aliphatic heterocycles. The molecule has 19 heavy (non-hydrogen) atoms. The zero-order valence-corrected chi connectivity index (χ0v) is 11.8. The molecule has 1 aliphatic rings. The number of nitriles is 1. The number of benzene rings is 1. The highest BCUT2D eigenvalue weighted by atomic mass is 19.1. The highest BCUT2D eigenvalue weighted by Gasteiger charge is 2.36. The van der Waals surface area contributed by atoms with Gasteiger partial charge in [0.05, 0.1) is 11.5 Å². The van der Waals surface area contributed by atoms with E-state index in [1.54, 1.807) is 0 Å². The molecule has 1 fully saturated rings. The average molecular weight is 259 g/mol. The van der Waals surface area contributed by atoms with Gasteiger partial charge < -0.3 is 0 Å². The van der Waals surface area contributed by atoms with Crippen LogP contribution in [0.1, 0.15) is 45.1 Å². The highest BCUT2D eigenvalue weighted by Crippen LogP contribution is 2.43. The summed E-state index contributed by atoms with van der Waals surface area (Å²) in [6.45, 7) is 4.54. The van der Waals surface area contributed by atoms with Crippen LogP contribution in [0.5, 0.6) is 0 Å². The smallest absolute Gasteiger partial charge is 0.123 e. The average Bonchev–Trinajstić information content (AvgIpc) is 2.42. The van der Waals surface area contributed by atoms with E-state index in [0.717, 1.165) is 43.6 Å². The van der Waals surface area contributed by atoms with Crippen LogP contribution >= 0.6 is 0 Å². The van der Waals surface area contributed by atoms with Crippen molar-refractivity contribution in [3.8, 4) is 6.07 Å². The van der Waals surface area contributed by atoms with Crippen LogP contribution in [-0.2, 0) is 6.42 Å². The summed E-state index contributed by atoms with van der Waals surface area (Å²) in [5.41, 5.74) is 0.842. The molecule has 0 radical (unpaired) electrons. The Morgan fingerprint density at radius 3 is 2.32 bits per heavy atom. The topological polar surface area (TPSA) is 23.8 Å². The van der Waals surface area contributed by atoms with Crippen LogP contribution < -0.4 is 0 Å². The van der Waals surface area contributed by atoms with E-state index < -0.39 is 0 Å². The van der Waals surface area contributed by atoms with Crippen LogP contribution in [0.15, 0.2) is 24.3 Å². The first kappa shape index (κ1) is 14.1. The molecular formula is C17H22FN. The van der Waals surface area contributed by atoms with Crippen molar-refractivity contribution in [1.82, 2.24) is 0 Å². The number of hydrogen-bond acceptors (Lipinski definition) is 1. The van der Waals surface area contributed by atoms with Gasteiger partial charge in [-0.1, -0.05) is 26.0 Å². The van der Waals surface area contributed by atoms with Crippen LogP contribution in [0.3, 0.4) is 0 Å². The molecule has 1 nitrogen and oxygen atoms in total. The van der Waals surface area contributed by atoms with E-state index in [4.69, 9.17) is 0 Å². The minimum atomic E-state index is -0.233. The zero-order valence-electron chi connectivity index (χ0n) is 11.8. The van der Waals surface area contributed by atoms with E-state index in [0.29, 0.717) is 5.92 Å². The van der Waals surface area contributed by atoms with Gasteiger partial charge in [0.15, 0.2) is 0 Å². The molecular weight excluding hydrogens is 237 g/mol. The predicted molar refractivity (Wildman–Crippen MR) is 74.9 cm³/mol. The third-order valence-corrected chi connectivity index (χ3v) is 4.62. The van der Waals surface area contributed by atoms with E-state index in [1.165, 1.54) is 12.1 Å². The van der Waals surface area contributed by atoms with Crippen molar-refractivity contribution in [2.45, 2.75) is 46.0 Å². The first-order chi connectivity index (χ1) is 9.04. The van der Waals surface area contributed by atoms with Gasteiger partial charge in [0, 0.05) is 0 Å². The first-order valence-electron chi connectivity index (χ1n) is 7.20. The van der Waals surface area contributed by atoms with E-state index in [1.807, 2.05) is 12.1 Å². The third kappa shape index (κ3) is 3.35. The van der Waals surface area contributed by atoms with E-state index in [9.17, 15) is 9.65 Å². The van der Waals surface area contributed by atoms with Gasteiger partial charge in [0.2, 0.25) is 0 Å². The quantitative estimate of drug-likeness (QED) is 0.770. The second-order valence-corrected chi connectivity index (χ2v) is 6.28. The summed E-state index contributed by atoms with van der Waals surface area (Å²) in [7, 11) is 0. The number of hydrogen-bond donors (Lipinski definition) is 0. The lowest BCUT2D eigenvalue weighted by atomic mass is 9.66. The van der Waals surface area contributed by atoms with Crippen molar-refractivity contribution in [3.63, 3.8) is 0 Å². The van der Waals surface area contributed by atoms with Crippen molar-refractivity contribution in [3.05, 3.63) is 35.6 Å². The normalized spacial score (nSPS) is 27.2. The summed E-state index contributed by atoms with van der Waals surface area (Å²) < 4.78 is 12.9. The van der Waals surface area contributed by atoms with Crippen LogP contribution in [0.2, 0.25) is 0 Å². The molecule has 0 bridgehead atoms. The molecule has 0 saturated heterocycles. The molecule has 0 aromatic heterocycles. The Balaban J connectivity index is 2.05. The maximum atomic E-state index is 12.9. The zero-order chi connectivity index (χ0) is 13.9. The van der Waals surface area contributed by atoms with Crippen LogP contribution in [0.4, 0.5) is 4.39 Å². The lowest BCUT2D eigenvalue weighted by molar-refractivity contribution is 0.175. The molecule has 1 aromatic carbocycles. The van der Waals surface area contributed by atoms with Crippen molar-refractivity contribution in [2.24, 2.45) is 17.3 Å². The summed E-state index contributed by atoms with van der Waals surface area (Å²) in [6, 6.07) is 9.14. The van der Waals surface area contributed by atoms with Crippen molar-refractivity contribution in [1.29, 1.82) is 5.26 Å². The fraction of sp³-hybridized carbons (Fsp3) is 0.588. The maximum Gasteiger partial charge on any atom is 0.123 e. The van der Waals surface area contributed by atoms with Crippen LogP contribution in [-0.4, -0.2) is 0 Å². The monoisotopic (exact) mass is 259 g/mol. The fourth-order valence-electron chi connectivity index (χ4n) is 3.18. The van der Waals surface area contributed by atoms with Gasteiger partial charge in [-0.15, -0.1) is 0 Å². The predicted octanol–water partition coefficient (Wildman–Crippen LogP) is 4.72. The molecule has 1 saturated carbocycles. The molecule has 102 valence electrons. The molecule has 0 heterocycles. The molecule has 1 aliphatic carbocycles. The number of nitrogens with zero attached hydrogens (tertiary/aromatic N) is 1. The van der Waals surface area contributed by atoms with Gasteiger partial charge in [-0.2, -0.15) is 5.26 Å². The molecule has 1 aromatic rings. The molecule has 0 amide bonds. The second-order valence-electron chi connectivity index (χ2n) is 6.28. The minimum Gasteiger partial charge on any atom is -0.207 e. The maximum absolute atomic E-state index is 12.9. The lowest BCUT2D eigenvalue weighted by Crippen LogP contribution is -2.30. The summed E-state index contributed by atoms with van der Waals surface area (Å²) >= 11 is 0. The Morgan fingerprint density at radius 1 is 1.26 bits per heavy atom. The molecule has 2 rings (SSSR count). The number of halogens is 1. The Labute approximate surface area is 115 Å². The highest BCUT2D eigenvalue weighted by molar-refractivity contribution is 5.20. The molecule has 0 unspecified atom stereocenters. The van der Waals surface area contributed by atoms with Crippen molar-refractivity contribution in [2.75, 3.05) is 0 Å². The van der Waals surface area contributed by atoms with Crippen molar-refractivity contribution < 1.29 is 4.39 Å². The van der Waals surface area contributed by atoms with Gasteiger partial charge in [-0.3, -0.25) is 0 Å². The third-order valence-electron chi connectivity index (χ3n) is 4.62. The first-order valence-corrected chi connectivity index (χ1v) is 7.20. The van der Waals surface area contributed by atoms with Gasteiger partial charge in [-0.05, 0) is 61.6 Å². The Kier molecular flexibility index (Phi) is 4.24. The van der Waals surface area contributed by atoms with E-state index in [2.05, 4.69) is 19.9 Å². The van der Waals surface area contributed by atoms with E-state index >= 15 is 0 Å². The SMILES string of the molecule is CC(C)C1CCC(C#N)(Cc2ccc(F)cc2)CC1. The van der Waals surface area contributed by atoms with Crippen LogP contribution in [0, 0.1) is 34.4 Å². The summed E-state index contributed by atoms with van der Waals surface area (Å²) in [5, 5.41) is 9.56. The molecule has 0 spiro atoms. The summed E-state index contributed by atoms with van der Waals surface area (Å²) in [5.74, 6) is 1.26. The largest absolute Gasteiger partial charge is 0.207 e. The molecule has 2 heteroatoms. The van der Waals surface area contributed by atoms with Gasteiger partial charge in [-0.25, -0.2) is 4.39 Å².